The van der Waals surface area contributed by atoms with Crippen molar-refractivity contribution in [1.29, 1.82) is 0 Å². The van der Waals surface area contributed by atoms with Gasteiger partial charge in [-0.3, -0.25) is 14.5 Å². The molecule has 2 aliphatic rings. The predicted octanol–water partition coefficient (Wildman–Crippen LogP) is 0.756. The lowest BCUT2D eigenvalue weighted by molar-refractivity contribution is -0.138. The highest BCUT2D eigenvalue weighted by atomic mass is 32.2. The largest absolute Gasteiger partial charge is 0.353 e. The molecule has 0 saturated carbocycles. The minimum Gasteiger partial charge on any atom is -0.353 e. The summed E-state index contributed by atoms with van der Waals surface area (Å²) in [4.78, 5) is 29.1. The molecule has 1 aromatic rings. The average Bonchev–Trinajstić information content (AvgIpc) is 2.74. The van der Waals surface area contributed by atoms with Crippen LogP contribution in [0.15, 0.2) is 35.2 Å². The van der Waals surface area contributed by atoms with E-state index in [4.69, 9.17) is 0 Å². The summed E-state index contributed by atoms with van der Waals surface area (Å²) >= 11 is 0. The lowest BCUT2D eigenvalue weighted by atomic mass is 9.98. The summed E-state index contributed by atoms with van der Waals surface area (Å²) in [5, 5.41) is 2.88. The molecular formula is C21H32N4O4S. The lowest BCUT2D eigenvalue weighted by Crippen LogP contribution is -2.54. The Balaban J connectivity index is 1.54. The van der Waals surface area contributed by atoms with Crippen LogP contribution >= 0.6 is 0 Å². The van der Waals surface area contributed by atoms with Crippen LogP contribution in [0.1, 0.15) is 26.7 Å². The molecule has 2 saturated heterocycles. The van der Waals surface area contributed by atoms with Gasteiger partial charge in [-0.15, -0.1) is 0 Å². The van der Waals surface area contributed by atoms with Crippen LogP contribution in [0.3, 0.4) is 0 Å². The maximum absolute atomic E-state index is 13.0. The number of carbonyl (C=O) groups excluding carboxylic acids is 2. The van der Waals surface area contributed by atoms with Gasteiger partial charge in [-0.05, 0) is 38.8 Å². The number of amides is 2. The lowest BCUT2D eigenvalue weighted by Gasteiger charge is -2.38. The maximum atomic E-state index is 13.0. The zero-order chi connectivity index (χ0) is 21.7. The van der Waals surface area contributed by atoms with Crippen molar-refractivity contribution in [3.8, 4) is 0 Å². The number of nitrogens with zero attached hydrogens (tertiary/aromatic N) is 3. The van der Waals surface area contributed by atoms with Crippen molar-refractivity contribution in [1.82, 2.24) is 19.4 Å². The van der Waals surface area contributed by atoms with Crippen molar-refractivity contribution in [2.45, 2.75) is 37.6 Å². The Morgan fingerprint density at radius 3 is 2.37 bits per heavy atom. The second-order valence-corrected chi connectivity index (χ2v) is 10.3. The summed E-state index contributed by atoms with van der Waals surface area (Å²) in [6, 6.07) is 8.50. The molecule has 1 unspecified atom stereocenters. The number of carbonyl (C=O) groups is 2. The van der Waals surface area contributed by atoms with Gasteiger partial charge in [0.1, 0.15) is 0 Å². The minimum atomic E-state index is -3.58. The van der Waals surface area contributed by atoms with Gasteiger partial charge in [0, 0.05) is 45.3 Å². The second kappa shape index (κ2) is 9.89. The molecule has 1 atom stereocenters. The number of piperazine rings is 1. The molecule has 0 aliphatic carbocycles. The van der Waals surface area contributed by atoms with Gasteiger partial charge in [0.2, 0.25) is 21.8 Å². The summed E-state index contributed by atoms with van der Waals surface area (Å²) in [5.74, 6) is -0.291. The number of benzene rings is 1. The van der Waals surface area contributed by atoms with Crippen molar-refractivity contribution in [2.75, 3.05) is 45.8 Å². The van der Waals surface area contributed by atoms with E-state index in [0.29, 0.717) is 52.1 Å². The van der Waals surface area contributed by atoms with E-state index >= 15 is 0 Å². The summed E-state index contributed by atoms with van der Waals surface area (Å²) in [6.07, 6.45) is 1.38. The highest BCUT2D eigenvalue weighted by Gasteiger charge is 2.35. The average molecular weight is 437 g/mol. The van der Waals surface area contributed by atoms with Gasteiger partial charge in [-0.1, -0.05) is 18.2 Å². The van der Waals surface area contributed by atoms with Crippen molar-refractivity contribution < 1.29 is 18.0 Å². The first kappa shape index (κ1) is 22.7. The molecule has 3 rings (SSSR count). The molecule has 2 heterocycles. The first-order valence-corrected chi connectivity index (χ1v) is 12.1. The molecule has 1 aromatic carbocycles. The summed E-state index contributed by atoms with van der Waals surface area (Å²) in [6.45, 7) is 7.30. The quantitative estimate of drug-likeness (QED) is 0.711. The molecule has 2 aliphatic heterocycles. The van der Waals surface area contributed by atoms with Gasteiger partial charge in [-0.25, -0.2) is 8.42 Å². The standard InChI is InChI=1S/C21H32N4O4S/c1-17(2)22-20(26)16-23-11-13-24(14-12-23)21(27)18-7-6-10-25(15-18)30(28,29)19-8-4-3-5-9-19/h3-5,8-9,17-18H,6-7,10-16H2,1-2H3,(H,22,26). The third kappa shape index (κ3) is 5.59. The molecule has 0 spiro atoms. The molecule has 2 amide bonds. The van der Waals surface area contributed by atoms with Gasteiger partial charge < -0.3 is 10.2 Å². The van der Waals surface area contributed by atoms with Crippen LogP contribution in [0.5, 0.6) is 0 Å². The van der Waals surface area contributed by atoms with Crippen LogP contribution in [0, 0.1) is 5.92 Å². The van der Waals surface area contributed by atoms with E-state index in [0.717, 1.165) is 0 Å². The Hall–Kier alpha value is -1.97. The van der Waals surface area contributed by atoms with Gasteiger partial charge in [-0.2, -0.15) is 4.31 Å². The Morgan fingerprint density at radius 2 is 1.73 bits per heavy atom. The van der Waals surface area contributed by atoms with E-state index in [2.05, 4.69) is 10.2 Å². The second-order valence-electron chi connectivity index (χ2n) is 8.34. The smallest absolute Gasteiger partial charge is 0.243 e. The number of nitrogens with one attached hydrogen (secondary N) is 1. The van der Waals surface area contributed by atoms with Crippen molar-refractivity contribution in [3.05, 3.63) is 30.3 Å². The van der Waals surface area contributed by atoms with Crippen LogP contribution in [-0.4, -0.2) is 86.2 Å². The normalized spacial score (nSPS) is 21.6. The third-order valence-corrected chi connectivity index (χ3v) is 7.49. The molecule has 0 radical (unpaired) electrons. The molecule has 2 fully saturated rings. The zero-order valence-electron chi connectivity index (χ0n) is 17.8. The SMILES string of the molecule is CC(C)NC(=O)CN1CCN(C(=O)C2CCCN(S(=O)(=O)c3ccccc3)C2)CC1. The van der Waals surface area contributed by atoms with Gasteiger partial charge in [0.15, 0.2) is 0 Å². The van der Waals surface area contributed by atoms with Gasteiger partial charge in [0.25, 0.3) is 0 Å². The highest BCUT2D eigenvalue weighted by Crippen LogP contribution is 2.25. The number of hydrogen-bond acceptors (Lipinski definition) is 5. The third-order valence-electron chi connectivity index (χ3n) is 5.62. The molecule has 8 nitrogen and oxygen atoms in total. The molecular weight excluding hydrogens is 404 g/mol. The predicted molar refractivity (Wildman–Crippen MR) is 114 cm³/mol. The van der Waals surface area contributed by atoms with Crippen LogP contribution in [-0.2, 0) is 19.6 Å². The van der Waals surface area contributed by atoms with E-state index in [9.17, 15) is 18.0 Å². The van der Waals surface area contributed by atoms with Crippen molar-refractivity contribution >= 4 is 21.8 Å². The molecule has 30 heavy (non-hydrogen) atoms. The fraction of sp³-hybridized carbons (Fsp3) is 0.619. The van der Waals surface area contributed by atoms with E-state index < -0.39 is 10.0 Å². The summed E-state index contributed by atoms with van der Waals surface area (Å²) < 4.78 is 27.3. The molecule has 0 aromatic heterocycles. The Labute approximate surface area is 179 Å². The molecule has 0 bridgehead atoms. The van der Waals surface area contributed by atoms with Crippen molar-refractivity contribution in [2.24, 2.45) is 5.92 Å². The maximum Gasteiger partial charge on any atom is 0.243 e. The monoisotopic (exact) mass is 436 g/mol. The number of hydrogen-bond donors (Lipinski definition) is 1. The van der Waals surface area contributed by atoms with Gasteiger partial charge >= 0.3 is 0 Å². The number of sulfonamides is 1. The van der Waals surface area contributed by atoms with E-state index in [1.165, 1.54) is 4.31 Å². The fourth-order valence-electron chi connectivity index (χ4n) is 4.06. The summed E-state index contributed by atoms with van der Waals surface area (Å²) in [7, 11) is -3.58. The van der Waals surface area contributed by atoms with Gasteiger partial charge in [0.05, 0.1) is 17.4 Å². The van der Waals surface area contributed by atoms with Crippen molar-refractivity contribution in [3.63, 3.8) is 0 Å². The fourth-order valence-corrected chi connectivity index (χ4v) is 5.60. The summed E-state index contributed by atoms with van der Waals surface area (Å²) in [5.41, 5.74) is 0. The van der Waals surface area contributed by atoms with E-state index in [-0.39, 0.29) is 35.2 Å². The Morgan fingerprint density at radius 1 is 1.07 bits per heavy atom. The van der Waals surface area contributed by atoms with Crippen LogP contribution in [0.2, 0.25) is 0 Å². The molecule has 9 heteroatoms. The Bertz CT molecular complexity index is 836. The molecule has 1 N–H and O–H groups in total. The molecule has 166 valence electrons. The van der Waals surface area contributed by atoms with E-state index in [1.807, 2.05) is 18.7 Å². The van der Waals surface area contributed by atoms with E-state index in [1.54, 1.807) is 30.3 Å². The first-order chi connectivity index (χ1) is 14.3. The zero-order valence-corrected chi connectivity index (χ0v) is 18.6. The van der Waals surface area contributed by atoms with Crippen LogP contribution < -0.4 is 5.32 Å². The minimum absolute atomic E-state index is 0.00109. The number of rotatable bonds is 6. The Kier molecular flexibility index (Phi) is 7.49. The number of piperidine rings is 1. The topological polar surface area (TPSA) is 90.0 Å². The highest BCUT2D eigenvalue weighted by molar-refractivity contribution is 7.89. The first-order valence-electron chi connectivity index (χ1n) is 10.6. The van der Waals surface area contributed by atoms with Crippen LogP contribution in [0.25, 0.3) is 0 Å². The van der Waals surface area contributed by atoms with Crippen LogP contribution in [0.4, 0.5) is 0 Å².